The van der Waals surface area contributed by atoms with Gasteiger partial charge in [-0.25, -0.2) is 0 Å². The van der Waals surface area contributed by atoms with Crippen LogP contribution in [0.15, 0.2) is 48.6 Å². The molecule has 0 aromatic heterocycles. The Hall–Kier alpha value is -1.93. The summed E-state index contributed by atoms with van der Waals surface area (Å²) in [5.41, 5.74) is 1.08. The molecule has 0 bridgehead atoms. The summed E-state index contributed by atoms with van der Waals surface area (Å²) in [6.45, 7) is 13.8. The fraction of sp³-hybridized carbons (Fsp3) is 0.667. The van der Waals surface area contributed by atoms with Gasteiger partial charge in [-0.1, -0.05) is 89.8 Å². The van der Waals surface area contributed by atoms with Crippen molar-refractivity contribution in [1.29, 1.82) is 0 Å². The number of hydrogen-bond acceptors (Lipinski definition) is 6. The summed E-state index contributed by atoms with van der Waals surface area (Å²) in [7, 11) is 0.980. The lowest BCUT2D eigenvalue weighted by Crippen LogP contribution is -2.47. The minimum Gasteiger partial charge on any atom is -0.497 e. The van der Waals surface area contributed by atoms with Crippen molar-refractivity contribution >= 4 is 14.3 Å². The van der Waals surface area contributed by atoms with E-state index in [1.165, 1.54) is 7.11 Å². The van der Waals surface area contributed by atoms with Gasteiger partial charge in [0.25, 0.3) is 0 Å². The van der Waals surface area contributed by atoms with Crippen LogP contribution >= 0.6 is 0 Å². The molecule has 0 heterocycles. The minimum atomic E-state index is -2.11. The van der Waals surface area contributed by atoms with E-state index >= 15 is 0 Å². The van der Waals surface area contributed by atoms with Gasteiger partial charge in [-0.3, -0.25) is 4.79 Å². The monoisotopic (exact) mass is 576 g/mol. The molecule has 0 fully saturated rings. The Morgan fingerprint density at radius 2 is 1.62 bits per heavy atom. The predicted molar refractivity (Wildman–Crippen MR) is 167 cm³/mol. The number of ether oxygens (including phenoxy) is 3. The van der Waals surface area contributed by atoms with Gasteiger partial charge in [0.15, 0.2) is 8.32 Å². The SMILES string of the molecule is CC/C=C\C[C@H](OCc1ccc(OC)cc1)[C@@H](/C=C/[C@H](O)CCCCCCCC(=O)OC)O[Si](C)(C)C(C)(C)C. The molecule has 0 spiro atoms. The molecule has 0 amide bonds. The summed E-state index contributed by atoms with van der Waals surface area (Å²) in [6, 6.07) is 7.94. The third kappa shape index (κ3) is 14.6. The van der Waals surface area contributed by atoms with Crippen molar-refractivity contribution in [1.82, 2.24) is 0 Å². The first-order valence-corrected chi connectivity index (χ1v) is 17.8. The highest BCUT2D eigenvalue weighted by atomic mass is 28.4. The van der Waals surface area contributed by atoms with E-state index in [0.29, 0.717) is 19.4 Å². The highest BCUT2D eigenvalue weighted by molar-refractivity contribution is 6.74. The number of aliphatic hydroxyl groups excluding tert-OH is 1. The molecule has 0 aliphatic carbocycles. The zero-order valence-corrected chi connectivity index (χ0v) is 27.4. The summed E-state index contributed by atoms with van der Waals surface area (Å²) < 4.78 is 23.4. The lowest BCUT2D eigenvalue weighted by atomic mass is 10.0. The Balaban J connectivity index is 2.91. The van der Waals surface area contributed by atoms with E-state index in [1.807, 2.05) is 36.4 Å². The van der Waals surface area contributed by atoms with Crippen LogP contribution in [0.4, 0.5) is 0 Å². The molecule has 1 aromatic rings. The standard InChI is InChI=1S/C33H56O6Si/c1-9-10-14-18-30(38-26-27-20-23-29(36-5)24-21-27)31(39-40(7,8)33(2,3)4)25-22-28(34)17-15-12-11-13-16-19-32(35)37-6/h10,14,20-25,28,30-31,34H,9,11-13,15-19,26H2,1-8H3/b14-10-,25-22+/t28-,30+,31-/m1/s1. The van der Waals surface area contributed by atoms with Crippen molar-refractivity contribution in [3.05, 3.63) is 54.1 Å². The number of aliphatic hydroxyl groups is 1. The van der Waals surface area contributed by atoms with E-state index < -0.39 is 14.4 Å². The van der Waals surface area contributed by atoms with Crippen molar-refractivity contribution < 1.29 is 28.5 Å². The number of rotatable bonds is 20. The van der Waals surface area contributed by atoms with Crippen molar-refractivity contribution in [3.63, 3.8) is 0 Å². The molecular weight excluding hydrogens is 520 g/mol. The average Bonchev–Trinajstić information content (AvgIpc) is 2.91. The van der Waals surface area contributed by atoms with Gasteiger partial charge >= 0.3 is 5.97 Å². The summed E-state index contributed by atoms with van der Waals surface area (Å²) >= 11 is 0. The van der Waals surface area contributed by atoms with Gasteiger partial charge in [0.1, 0.15) is 5.75 Å². The van der Waals surface area contributed by atoms with Crippen LogP contribution in [0.1, 0.15) is 91.0 Å². The lowest BCUT2D eigenvalue weighted by Gasteiger charge is -2.40. The number of carbonyl (C=O) groups is 1. The van der Waals surface area contributed by atoms with E-state index in [4.69, 9.17) is 13.9 Å². The number of benzene rings is 1. The Labute approximate surface area is 245 Å². The maximum atomic E-state index is 11.2. The molecule has 0 saturated carbocycles. The summed E-state index contributed by atoms with van der Waals surface area (Å²) in [6.07, 6.45) is 15.0. The van der Waals surface area contributed by atoms with Crippen LogP contribution in [0.5, 0.6) is 5.75 Å². The van der Waals surface area contributed by atoms with E-state index in [2.05, 4.69) is 57.7 Å². The van der Waals surface area contributed by atoms with Crippen LogP contribution in [0.25, 0.3) is 0 Å². The van der Waals surface area contributed by atoms with Crippen LogP contribution in [-0.4, -0.2) is 51.9 Å². The highest BCUT2D eigenvalue weighted by Gasteiger charge is 2.40. The molecular formula is C33H56O6Si. The second kappa shape index (κ2) is 19.2. The van der Waals surface area contributed by atoms with Gasteiger partial charge in [-0.15, -0.1) is 0 Å². The van der Waals surface area contributed by atoms with Crippen molar-refractivity contribution in [2.75, 3.05) is 14.2 Å². The summed E-state index contributed by atoms with van der Waals surface area (Å²) in [5, 5.41) is 10.8. The third-order valence-electron chi connectivity index (χ3n) is 7.63. The molecule has 0 unspecified atom stereocenters. The fourth-order valence-electron chi connectivity index (χ4n) is 3.96. The maximum absolute atomic E-state index is 11.2. The molecule has 40 heavy (non-hydrogen) atoms. The Kier molecular flexibility index (Phi) is 17.4. The largest absolute Gasteiger partial charge is 0.497 e. The van der Waals surface area contributed by atoms with Crippen LogP contribution in [0.2, 0.25) is 18.1 Å². The van der Waals surface area contributed by atoms with Gasteiger partial charge in [-0.2, -0.15) is 0 Å². The molecule has 7 heteroatoms. The molecule has 228 valence electrons. The van der Waals surface area contributed by atoms with Gasteiger partial charge in [-0.05, 0) is 61.5 Å². The quantitative estimate of drug-likeness (QED) is 0.0731. The highest BCUT2D eigenvalue weighted by Crippen LogP contribution is 2.38. The van der Waals surface area contributed by atoms with Gasteiger partial charge in [0, 0.05) is 6.42 Å². The zero-order valence-electron chi connectivity index (χ0n) is 26.4. The molecule has 1 rings (SSSR count). The number of esters is 1. The van der Waals surface area contributed by atoms with Crippen molar-refractivity contribution in [2.45, 2.75) is 129 Å². The Morgan fingerprint density at radius 3 is 2.23 bits per heavy atom. The lowest BCUT2D eigenvalue weighted by molar-refractivity contribution is -0.140. The fourth-order valence-corrected chi connectivity index (χ4v) is 5.23. The molecule has 6 nitrogen and oxygen atoms in total. The average molecular weight is 577 g/mol. The molecule has 0 aliphatic rings. The molecule has 0 aliphatic heterocycles. The molecule has 1 aromatic carbocycles. The number of carbonyl (C=O) groups excluding carboxylic acids is 1. The van der Waals surface area contributed by atoms with E-state index in [0.717, 1.165) is 56.3 Å². The van der Waals surface area contributed by atoms with Gasteiger partial charge in [0.05, 0.1) is 39.1 Å². The Bertz CT molecular complexity index is 872. The van der Waals surface area contributed by atoms with Crippen LogP contribution in [0.3, 0.4) is 0 Å². The molecule has 3 atom stereocenters. The van der Waals surface area contributed by atoms with Gasteiger partial charge < -0.3 is 23.7 Å². The van der Waals surface area contributed by atoms with E-state index in [-0.39, 0.29) is 23.2 Å². The first kappa shape index (κ1) is 36.1. The molecule has 0 radical (unpaired) electrons. The van der Waals surface area contributed by atoms with E-state index in [9.17, 15) is 9.90 Å². The summed E-state index contributed by atoms with van der Waals surface area (Å²) in [5.74, 6) is 0.676. The number of allylic oxidation sites excluding steroid dienone is 1. The van der Waals surface area contributed by atoms with Gasteiger partial charge in [0.2, 0.25) is 0 Å². The maximum Gasteiger partial charge on any atom is 0.305 e. The molecule has 0 saturated heterocycles. The second-order valence-corrected chi connectivity index (χ2v) is 16.7. The minimum absolute atomic E-state index is 0.0470. The van der Waals surface area contributed by atoms with Crippen molar-refractivity contribution in [2.24, 2.45) is 0 Å². The van der Waals surface area contributed by atoms with Crippen LogP contribution < -0.4 is 4.74 Å². The zero-order chi connectivity index (χ0) is 30.0. The second-order valence-electron chi connectivity index (χ2n) is 12.0. The van der Waals surface area contributed by atoms with Crippen molar-refractivity contribution in [3.8, 4) is 5.75 Å². The normalized spacial score (nSPS) is 14.9. The first-order valence-electron chi connectivity index (χ1n) is 14.9. The topological polar surface area (TPSA) is 74.2 Å². The van der Waals surface area contributed by atoms with Crippen LogP contribution in [0, 0.1) is 0 Å². The molecule has 1 N–H and O–H groups in total. The van der Waals surface area contributed by atoms with E-state index in [1.54, 1.807) is 7.11 Å². The number of unbranched alkanes of at least 4 members (excludes halogenated alkanes) is 4. The number of methoxy groups -OCH3 is 2. The van der Waals surface area contributed by atoms with Crippen LogP contribution in [-0.2, 0) is 25.3 Å². The smallest absolute Gasteiger partial charge is 0.305 e. The third-order valence-corrected chi connectivity index (χ3v) is 12.1. The predicted octanol–water partition coefficient (Wildman–Crippen LogP) is 8.15. The first-order chi connectivity index (χ1) is 18.9. The Morgan fingerprint density at radius 1 is 0.975 bits per heavy atom. The summed E-state index contributed by atoms with van der Waals surface area (Å²) in [4.78, 5) is 11.2. The number of hydrogen-bond donors (Lipinski definition) is 1.